The number of hydrogen-bond acceptors (Lipinski definition) is 4. The van der Waals surface area contributed by atoms with Gasteiger partial charge in [-0.05, 0) is 24.7 Å². The average molecular weight is 380 g/mol. The number of rotatable bonds is 14. The van der Waals surface area contributed by atoms with Crippen LogP contribution >= 0.6 is 0 Å². The molecule has 0 saturated carbocycles. The van der Waals surface area contributed by atoms with Gasteiger partial charge in [-0.2, -0.15) is 0 Å². The molecule has 1 heterocycles. The van der Waals surface area contributed by atoms with E-state index < -0.39 is 11.9 Å². The minimum Gasteiger partial charge on any atom is -0.462 e. The van der Waals surface area contributed by atoms with E-state index in [-0.39, 0.29) is 11.1 Å². The summed E-state index contributed by atoms with van der Waals surface area (Å²) >= 11 is 0. The van der Waals surface area contributed by atoms with Crippen molar-refractivity contribution in [3.05, 3.63) is 23.5 Å². The fraction of sp³-hybridized carbons (Fsp3) is 0.727. The Morgan fingerprint density at radius 2 is 1.22 bits per heavy atom. The van der Waals surface area contributed by atoms with E-state index in [1.807, 2.05) is 0 Å². The highest BCUT2D eigenvalue weighted by atomic mass is 16.5. The normalized spacial score (nSPS) is 13.2. The van der Waals surface area contributed by atoms with Crippen LogP contribution in [0.3, 0.4) is 0 Å². The van der Waals surface area contributed by atoms with Crippen molar-refractivity contribution in [2.24, 2.45) is 11.8 Å². The lowest BCUT2D eigenvalue weighted by Gasteiger charge is -2.15. The van der Waals surface area contributed by atoms with Crippen LogP contribution in [-0.2, 0) is 9.47 Å². The fourth-order valence-corrected chi connectivity index (χ4v) is 3.04. The number of esters is 2. The van der Waals surface area contributed by atoms with Crippen LogP contribution in [0.2, 0.25) is 0 Å². The van der Waals surface area contributed by atoms with Crippen molar-refractivity contribution in [3.63, 3.8) is 0 Å². The quantitative estimate of drug-likeness (QED) is 0.417. The second-order valence-electron chi connectivity index (χ2n) is 7.31. The van der Waals surface area contributed by atoms with Crippen molar-refractivity contribution >= 4 is 11.9 Å². The highest BCUT2D eigenvalue weighted by Crippen LogP contribution is 2.18. The Kier molecular flexibility index (Phi) is 11.5. The molecule has 1 aromatic rings. The van der Waals surface area contributed by atoms with Crippen molar-refractivity contribution in [1.29, 1.82) is 0 Å². The van der Waals surface area contributed by atoms with Gasteiger partial charge in [-0.1, -0.05) is 66.2 Å². The van der Waals surface area contributed by atoms with Crippen molar-refractivity contribution < 1.29 is 19.1 Å². The molecular formula is C22H37NO4. The zero-order valence-corrected chi connectivity index (χ0v) is 17.5. The topological polar surface area (TPSA) is 68.4 Å². The molecule has 0 spiro atoms. The molecule has 5 nitrogen and oxygen atoms in total. The van der Waals surface area contributed by atoms with E-state index in [2.05, 4.69) is 32.7 Å². The second-order valence-corrected chi connectivity index (χ2v) is 7.31. The predicted molar refractivity (Wildman–Crippen MR) is 108 cm³/mol. The standard InChI is InChI=1S/C22H37NO4/c1-5-9-11-17(7-3)15-26-21(24)19-13-23-14-20(19)22(25)27-16-18(8-4)12-10-6-2/h13-14,17-18,23H,5-12,15-16H2,1-4H3. The molecule has 154 valence electrons. The lowest BCUT2D eigenvalue weighted by atomic mass is 10.0. The summed E-state index contributed by atoms with van der Waals surface area (Å²) in [5.41, 5.74) is 0.513. The lowest BCUT2D eigenvalue weighted by molar-refractivity contribution is 0.0383. The van der Waals surface area contributed by atoms with Crippen molar-refractivity contribution in [2.45, 2.75) is 79.1 Å². The molecule has 0 aliphatic rings. The Bertz CT molecular complexity index is 506. The van der Waals surface area contributed by atoms with Gasteiger partial charge in [0.05, 0.1) is 24.3 Å². The first-order valence-electron chi connectivity index (χ1n) is 10.6. The summed E-state index contributed by atoms with van der Waals surface area (Å²) in [7, 11) is 0. The SMILES string of the molecule is CCCCC(CC)COC(=O)c1c[nH]cc1C(=O)OCC(CC)CCCC. The molecule has 0 aliphatic carbocycles. The summed E-state index contributed by atoms with van der Waals surface area (Å²) in [6.07, 6.45) is 11.6. The summed E-state index contributed by atoms with van der Waals surface area (Å²) in [5, 5.41) is 0. The van der Waals surface area contributed by atoms with E-state index in [9.17, 15) is 9.59 Å². The summed E-state index contributed by atoms with van der Waals surface area (Å²) in [6.45, 7) is 9.31. The zero-order valence-electron chi connectivity index (χ0n) is 17.5. The molecule has 0 fully saturated rings. The monoisotopic (exact) mass is 379 g/mol. The molecule has 0 saturated heterocycles. The second kappa shape index (κ2) is 13.4. The average Bonchev–Trinajstić information content (AvgIpc) is 3.18. The molecule has 27 heavy (non-hydrogen) atoms. The van der Waals surface area contributed by atoms with Crippen LogP contribution in [0, 0.1) is 11.8 Å². The van der Waals surface area contributed by atoms with E-state index in [0.717, 1.165) is 51.4 Å². The van der Waals surface area contributed by atoms with E-state index >= 15 is 0 Å². The van der Waals surface area contributed by atoms with Gasteiger partial charge in [0.1, 0.15) is 0 Å². The molecule has 1 N–H and O–H groups in total. The summed E-state index contributed by atoms with van der Waals surface area (Å²) in [5.74, 6) is -0.188. The van der Waals surface area contributed by atoms with Crippen LogP contribution in [0.15, 0.2) is 12.4 Å². The van der Waals surface area contributed by atoms with Gasteiger partial charge in [-0.15, -0.1) is 0 Å². The number of nitrogens with one attached hydrogen (secondary N) is 1. The number of hydrogen-bond donors (Lipinski definition) is 1. The first-order valence-corrected chi connectivity index (χ1v) is 10.6. The number of unbranched alkanes of at least 4 members (excludes halogenated alkanes) is 2. The third kappa shape index (κ3) is 8.19. The minimum atomic E-state index is -0.462. The zero-order chi connectivity index (χ0) is 20.1. The van der Waals surface area contributed by atoms with Crippen LogP contribution in [0.1, 0.15) is 99.8 Å². The van der Waals surface area contributed by atoms with E-state index in [1.165, 1.54) is 12.4 Å². The largest absolute Gasteiger partial charge is 0.462 e. The summed E-state index contributed by atoms with van der Waals surface area (Å²) in [6, 6.07) is 0. The number of carbonyl (C=O) groups is 2. The smallest absolute Gasteiger partial charge is 0.340 e. The highest BCUT2D eigenvalue weighted by molar-refractivity contribution is 6.03. The Morgan fingerprint density at radius 3 is 1.56 bits per heavy atom. The molecule has 0 radical (unpaired) electrons. The molecule has 0 amide bonds. The van der Waals surface area contributed by atoms with Crippen LogP contribution in [0.4, 0.5) is 0 Å². The molecule has 0 aliphatic heterocycles. The van der Waals surface area contributed by atoms with Gasteiger partial charge >= 0.3 is 11.9 Å². The van der Waals surface area contributed by atoms with Gasteiger partial charge in [0.15, 0.2) is 0 Å². The van der Waals surface area contributed by atoms with Crippen LogP contribution < -0.4 is 0 Å². The van der Waals surface area contributed by atoms with Gasteiger partial charge in [-0.3, -0.25) is 0 Å². The maximum absolute atomic E-state index is 12.4. The number of H-pyrrole nitrogens is 1. The van der Waals surface area contributed by atoms with Crippen LogP contribution in [-0.4, -0.2) is 30.1 Å². The van der Waals surface area contributed by atoms with Crippen LogP contribution in [0.25, 0.3) is 0 Å². The fourth-order valence-electron chi connectivity index (χ4n) is 3.04. The van der Waals surface area contributed by atoms with Crippen molar-refractivity contribution in [3.8, 4) is 0 Å². The first-order chi connectivity index (χ1) is 13.1. The van der Waals surface area contributed by atoms with Gasteiger partial charge in [0, 0.05) is 12.4 Å². The van der Waals surface area contributed by atoms with Gasteiger partial charge in [0.2, 0.25) is 0 Å². The number of ether oxygens (including phenoxy) is 2. The van der Waals surface area contributed by atoms with E-state index in [1.54, 1.807) is 0 Å². The molecule has 1 aromatic heterocycles. The van der Waals surface area contributed by atoms with Gasteiger partial charge < -0.3 is 14.5 Å². The molecule has 0 aromatic carbocycles. The molecule has 2 unspecified atom stereocenters. The highest BCUT2D eigenvalue weighted by Gasteiger charge is 2.22. The predicted octanol–water partition coefficient (Wildman–Crippen LogP) is 5.76. The maximum Gasteiger partial charge on any atom is 0.340 e. The van der Waals surface area contributed by atoms with Crippen molar-refractivity contribution in [2.75, 3.05) is 13.2 Å². The molecule has 0 bridgehead atoms. The van der Waals surface area contributed by atoms with Crippen molar-refractivity contribution in [1.82, 2.24) is 4.98 Å². The Morgan fingerprint density at radius 1 is 0.815 bits per heavy atom. The number of carbonyl (C=O) groups excluding carboxylic acids is 2. The molecule has 5 heteroatoms. The molecule has 1 rings (SSSR count). The van der Waals surface area contributed by atoms with E-state index in [4.69, 9.17) is 9.47 Å². The van der Waals surface area contributed by atoms with Gasteiger partial charge in [0.25, 0.3) is 0 Å². The molecule has 2 atom stereocenters. The summed E-state index contributed by atoms with van der Waals surface area (Å²) < 4.78 is 10.9. The third-order valence-corrected chi connectivity index (χ3v) is 5.17. The third-order valence-electron chi connectivity index (χ3n) is 5.17. The van der Waals surface area contributed by atoms with Gasteiger partial charge in [-0.25, -0.2) is 9.59 Å². The Labute approximate surface area is 164 Å². The first kappa shape index (κ1) is 23.3. The minimum absolute atomic E-state index is 0.256. The Hall–Kier alpha value is -1.78. The number of aromatic amines is 1. The Balaban J connectivity index is 2.58. The maximum atomic E-state index is 12.4. The molecular weight excluding hydrogens is 342 g/mol. The lowest BCUT2D eigenvalue weighted by Crippen LogP contribution is -2.18. The summed E-state index contributed by atoms with van der Waals surface area (Å²) in [4.78, 5) is 27.7. The van der Waals surface area contributed by atoms with E-state index in [0.29, 0.717) is 25.0 Å². The van der Waals surface area contributed by atoms with Crippen LogP contribution in [0.5, 0.6) is 0 Å². The number of aromatic nitrogens is 1.